The normalized spacial score (nSPS) is 18.6. The SMILES string of the molecule is CN=C(NCC1Cc2ccccc21)N1CCN(c2ccc(OC)cc2)CC1.I. The second-order valence-corrected chi connectivity index (χ2v) is 7.20. The summed E-state index contributed by atoms with van der Waals surface area (Å²) in [7, 11) is 3.58. The lowest BCUT2D eigenvalue weighted by molar-refractivity contribution is 0.370. The summed E-state index contributed by atoms with van der Waals surface area (Å²) < 4.78 is 5.25. The standard InChI is InChI=1S/C22H28N4O.HI/c1-23-22(24-16-18-15-17-5-3-4-6-21(17)18)26-13-11-25(12-14-26)19-7-9-20(27-2)10-8-19;/h3-10,18H,11-16H2,1-2H3,(H,23,24);1H. The van der Waals surface area contributed by atoms with E-state index in [-0.39, 0.29) is 24.0 Å². The Labute approximate surface area is 184 Å². The Morgan fingerprint density at radius 2 is 1.79 bits per heavy atom. The number of nitrogens with zero attached hydrogens (tertiary/aromatic N) is 3. The van der Waals surface area contributed by atoms with E-state index in [1.54, 1.807) is 7.11 Å². The van der Waals surface area contributed by atoms with Gasteiger partial charge in [-0.25, -0.2) is 0 Å². The summed E-state index contributed by atoms with van der Waals surface area (Å²) in [6.07, 6.45) is 1.17. The zero-order valence-electron chi connectivity index (χ0n) is 16.6. The average molecular weight is 492 g/mol. The molecule has 1 saturated heterocycles. The molecule has 2 aliphatic rings. The molecule has 5 nitrogen and oxygen atoms in total. The first kappa shape index (κ1) is 20.8. The van der Waals surface area contributed by atoms with Crippen molar-refractivity contribution in [3.8, 4) is 5.75 Å². The Balaban J connectivity index is 0.00000225. The minimum Gasteiger partial charge on any atom is -0.497 e. The molecule has 0 saturated carbocycles. The second-order valence-electron chi connectivity index (χ2n) is 7.20. The Hall–Kier alpha value is -1.96. The molecule has 1 aliphatic heterocycles. The molecule has 1 fully saturated rings. The second kappa shape index (κ2) is 9.49. The van der Waals surface area contributed by atoms with Crippen LogP contribution >= 0.6 is 24.0 Å². The zero-order chi connectivity index (χ0) is 18.6. The van der Waals surface area contributed by atoms with Crippen LogP contribution in [0.4, 0.5) is 5.69 Å². The number of piperazine rings is 1. The van der Waals surface area contributed by atoms with E-state index in [9.17, 15) is 0 Å². The number of halogens is 1. The van der Waals surface area contributed by atoms with Crippen molar-refractivity contribution >= 4 is 35.6 Å². The van der Waals surface area contributed by atoms with Crippen LogP contribution in [0.3, 0.4) is 0 Å². The lowest BCUT2D eigenvalue weighted by atomic mass is 9.78. The summed E-state index contributed by atoms with van der Waals surface area (Å²) in [5.74, 6) is 2.53. The maximum Gasteiger partial charge on any atom is 0.193 e. The highest BCUT2D eigenvalue weighted by Crippen LogP contribution is 2.34. The monoisotopic (exact) mass is 492 g/mol. The number of ether oxygens (including phenoxy) is 1. The largest absolute Gasteiger partial charge is 0.497 e. The van der Waals surface area contributed by atoms with Crippen LogP contribution in [0.2, 0.25) is 0 Å². The number of aliphatic imine (C=N–C) groups is 1. The van der Waals surface area contributed by atoms with Gasteiger partial charge in [0.1, 0.15) is 5.75 Å². The third kappa shape index (κ3) is 4.37. The molecule has 1 aliphatic carbocycles. The zero-order valence-corrected chi connectivity index (χ0v) is 18.9. The number of rotatable bonds is 4. The molecule has 28 heavy (non-hydrogen) atoms. The predicted octanol–water partition coefficient (Wildman–Crippen LogP) is 3.35. The molecule has 1 N–H and O–H groups in total. The van der Waals surface area contributed by atoms with Crippen LogP contribution in [-0.2, 0) is 6.42 Å². The summed E-state index contributed by atoms with van der Waals surface area (Å²) in [6.45, 7) is 4.92. The van der Waals surface area contributed by atoms with E-state index in [0.29, 0.717) is 5.92 Å². The van der Waals surface area contributed by atoms with Gasteiger partial charge in [0.05, 0.1) is 7.11 Å². The molecule has 2 aromatic carbocycles. The van der Waals surface area contributed by atoms with Gasteiger partial charge in [0.2, 0.25) is 0 Å². The van der Waals surface area contributed by atoms with E-state index in [1.807, 2.05) is 19.2 Å². The molecule has 0 spiro atoms. The molecular formula is C22H29IN4O. The molecule has 0 aromatic heterocycles. The lowest BCUT2D eigenvalue weighted by Crippen LogP contribution is -2.53. The van der Waals surface area contributed by atoms with Gasteiger partial charge in [-0.1, -0.05) is 24.3 Å². The van der Waals surface area contributed by atoms with Crippen molar-refractivity contribution in [3.05, 3.63) is 59.7 Å². The average Bonchev–Trinajstić information content (AvgIpc) is 2.72. The molecular weight excluding hydrogens is 463 g/mol. The maximum absolute atomic E-state index is 5.25. The van der Waals surface area contributed by atoms with Crippen LogP contribution < -0.4 is 15.0 Å². The van der Waals surface area contributed by atoms with Crippen LogP contribution in [0.15, 0.2) is 53.5 Å². The number of guanidine groups is 1. The summed E-state index contributed by atoms with van der Waals surface area (Å²) in [5.41, 5.74) is 4.24. The Kier molecular flexibility index (Phi) is 7.04. The van der Waals surface area contributed by atoms with E-state index in [1.165, 1.54) is 23.2 Å². The summed E-state index contributed by atoms with van der Waals surface area (Å²) in [6, 6.07) is 17.1. The minimum absolute atomic E-state index is 0. The molecule has 0 amide bonds. The molecule has 4 rings (SSSR count). The van der Waals surface area contributed by atoms with E-state index in [4.69, 9.17) is 4.74 Å². The van der Waals surface area contributed by atoms with Crippen molar-refractivity contribution in [2.45, 2.75) is 12.3 Å². The number of fused-ring (bicyclic) bond motifs is 1. The number of nitrogens with one attached hydrogen (secondary N) is 1. The molecule has 1 heterocycles. The maximum atomic E-state index is 5.25. The van der Waals surface area contributed by atoms with Crippen molar-refractivity contribution in [3.63, 3.8) is 0 Å². The highest BCUT2D eigenvalue weighted by atomic mass is 127. The molecule has 2 aromatic rings. The van der Waals surface area contributed by atoms with E-state index in [2.05, 4.69) is 56.5 Å². The molecule has 6 heteroatoms. The predicted molar refractivity (Wildman–Crippen MR) is 126 cm³/mol. The summed E-state index contributed by atoms with van der Waals surface area (Å²) in [4.78, 5) is 9.30. The van der Waals surface area contributed by atoms with Crippen molar-refractivity contribution in [1.82, 2.24) is 10.2 Å². The summed E-state index contributed by atoms with van der Waals surface area (Å²) >= 11 is 0. The fourth-order valence-corrected chi connectivity index (χ4v) is 4.06. The quantitative estimate of drug-likeness (QED) is 0.404. The van der Waals surface area contributed by atoms with Crippen molar-refractivity contribution in [2.75, 3.05) is 51.8 Å². The Morgan fingerprint density at radius 3 is 2.43 bits per heavy atom. The topological polar surface area (TPSA) is 40.1 Å². The van der Waals surface area contributed by atoms with Gasteiger partial charge in [0.15, 0.2) is 5.96 Å². The number of methoxy groups -OCH3 is 1. The first-order valence-corrected chi connectivity index (χ1v) is 9.71. The van der Waals surface area contributed by atoms with Crippen molar-refractivity contribution in [1.29, 1.82) is 0 Å². The van der Waals surface area contributed by atoms with Crippen molar-refractivity contribution in [2.24, 2.45) is 4.99 Å². The van der Waals surface area contributed by atoms with E-state index >= 15 is 0 Å². The lowest BCUT2D eigenvalue weighted by Gasteiger charge is -2.38. The Morgan fingerprint density at radius 1 is 1.07 bits per heavy atom. The first-order valence-electron chi connectivity index (χ1n) is 9.71. The van der Waals surface area contributed by atoms with Crippen LogP contribution in [0.1, 0.15) is 17.0 Å². The van der Waals surface area contributed by atoms with Gasteiger partial charge < -0.3 is 19.9 Å². The third-order valence-corrected chi connectivity index (χ3v) is 5.70. The minimum atomic E-state index is 0. The van der Waals surface area contributed by atoms with E-state index < -0.39 is 0 Å². The highest BCUT2D eigenvalue weighted by molar-refractivity contribution is 14.0. The number of hydrogen-bond donors (Lipinski definition) is 1. The van der Waals surface area contributed by atoms with Gasteiger partial charge in [0.25, 0.3) is 0 Å². The third-order valence-electron chi connectivity index (χ3n) is 5.70. The van der Waals surface area contributed by atoms with Gasteiger partial charge in [-0.2, -0.15) is 0 Å². The fraction of sp³-hybridized carbons (Fsp3) is 0.409. The summed E-state index contributed by atoms with van der Waals surface area (Å²) in [5, 5.41) is 3.59. The molecule has 1 unspecified atom stereocenters. The van der Waals surface area contributed by atoms with Crippen molar-refractivity contribution < 1.29 is 4.74 Å². The van der Waals surface area contributed by atoms with Crippen LogP contribution in [-0.4, -0.2) is 57.7 Å². The fourth-order valence-electron chi connectivity index (χ4n) is 4.06. The van der Waals surface area contributed by atoms with Gasteiger partial charge in [-0.3, -0.25) is 4.99 Å². The Bertz CT molecular complexity index is 800. The highest BCUT2D eigenvalue weighted by Gasteiger charge is 2.26. The van der Waals surface area contributed by atoms with Crippen LogP contribution in [0.25, 0.3) is 0 Å². The molecule has 0 radical (unpaired) electrons. The van der Waals surface area contributed by atoms with Gasteiger partial charge >= 0.3 is 0 Å². The molecule has 0 bridgehead atoms. The van der Waals surface area contributed by atoms with Crippen LogP contribution in [0.5, 0.6) is 5.75 Å². The molecule has 1 atom stereocenters. The smallest absolute Gasteiger partial charge is 0.193 e. The molecule has 150 valence electrons. The number of anilines is 1. The van der Waals surface area contributed by atoms with Gasteiger partial charge in [-0.15, -0.1) is 24.0 Å². The first-order chi connectivity index (χ1) is 13.3. The van der Waals surface area contributed by atoms with Crippen LogP contribution in [0, 0.1) is 0 Å². The van der Waals surface area contributed by atoms with Gasteiger partial charge in [0, 0.05) is 51.4 Å². The number of hydrogen-bond acceptors (Lipinski definition) is 3. The number of benzene rings is 2. The van der Waals surface area contributed by atoms with Gasteiger partial charge in [-0.05, 0) is 41.8 Å². The van der Waals surface area contributed by atoms with E-state index in [0.717, 1.165) is 44.4 Å².